The fourth-order valence-corrected chi connectivity index (χ4v) is 2.94. The number of hydrogen-bond acceptors (Lipinski definition) is 1. The Balaban J connectivity index is 2.21. The summed E-state index contributed by atoms with van der Waals surface area (Å²) in [6.07, 6.45) is 5.20. The third kappa shape index (κ3) is 4.05. The van der Waals surface area contributed by atoms with E-state index in [1.807, 2.05) is 6.08 Å². The zero-order valence-electron chi connectivity index (χ0n) is 13.1. The minimum atomic E-state index is -2.86. The maximum atomic E-state index is 14.1. The molecule has 2 rings (SSSR count). The van der Waals surface area contributed by atoms with Crippen LogP contribution in [0.1, 0.15) is 57.1 Å². The molecule has 1 saturated carbocycles. The first kappa shape index (κ1) is 16.9. The maximum absolute atomic E-state index is 14.1. The Morgan fingerprint density at radius 3 is 2.50 bits per heavy atom. The molecule has 0 atom stereocenters. The second kappa shape index (κ2) is 7.70. The van der Waals surface area contributed by atoms with Crippen LogP contribution in [0.15, 0.2) is 18.2 Å². The summed E-state index contributed by atoms with van der Waals surface area (Å²) >= 11 is 0. The van der Waals surface area contributed by atoms with Crippen LogP contribution in [0.25, 0.3) is 6.08 Å². The lowest BCUT2D eigenvalue weighted by atomic mass is 9.82. The van der Waals surface area contributed by atoms with Gasteiger partial charge in [-0.05, 0) is 43.2 Å². The fraction of sp³-hybridized carbons (Fsp3) is 0.556. The Bertz CT molecular complexity index is 517. The van der Waals surface area contributed by atoms with E-state index in [0.29, 0.717) is 5.92 Å². The molecule has 0 aromatic heterocycles. The summed E-state index contributed by atoms with van der Waals surface area (Å²) in [7, 11) is 0. The third-order valence-electron chi connectivity index (χ3n) is 4.30. The molecular formula is C18H23F3O. The smallest absolute Gasteiger partial charge is 0.267 e. The van der Waals surface area contributed by atoms with E-state index in [2.05, 4.69) is 6.92 Å². The molecule has 1 aliphatic carbocycles. The van der Waals surface area contributed by atoms with Crippen LogP contribution in [0.3, 0.4) is 0 Å². The summed E-state index contributed by atoms with van der Waals surface area (Å²) < 4.78 is 45.6. The Labute approximate surface area is 130 Å². The minimum Gasteiger partial charge on any atom is -0.491 e. The van der Waals surface area contributed by atoms with Gasteiger partial charge in [-0.25, -0.2) is 13.2 Å². The molecule has 122 valence electrons. The average Bonchev–Trinajstić information content (AvgIpc) is 2.49. The molecule has 0 amide bonds. The van der Waals surface area contributed by atoms with E-state index >= 15 is 0 Å². The van der Waals surface area contributed by atoms with Gasteiger partial charge < -0.3 is 4.74 Å². The Morgan fingerprint density at radius 2 is 1.91 bits per heavy atom. The number of allylic oxidation sites excluding steroid dienone is 1. The van der Waals surface area contributed by atoms with Crippen LogP contribution in [0.2, 0.25) is 0 Å². The summed E-state index contributed by atoms with van der Waals surface area (Å²) in [5.74, 6) is 0.0817. The van der Waals surface area contributed by atoms with Gasteiger partial charge >= 0.3 is 0 Å². The predicted octanol–water partition coefficient (Wildman–Crippen LogP) is 6.00. The number of hydrogen-bond donors (Lipinski definition) is 0. The lowest BCUT2D eigenvalue weighted by Gasteiger charge is -2.23. The van der Waals surface area contributed by atoms with Gasteiger partial charge in [-0.15, -0.1) is 0 Å². The highest BCUT2D eigenvalue weighted by Gasteiger charge is 2.21. The summed E-state index contributed by atoms with van der Waals surface area (Å²) in [4.78, 5) is 0. The molecule has 1 aromatic carbocycles. The van der Waals surface area contributed by atoms with E-state index < -0.39 is 17.8 Å². The highest BCUT2D eigenvalue weighted by atomic mass is 19.3. The summed E-state index contributed by atoms with van der Waals surface area (Å²) in [6.45, 7) is 4.17. The highest BCUT2D eigenvalue weighted by Crippen LogP contribution is 2.34. The number of ether oxygens (including phenoxy) is 1. The van der Waals surface area contributed by atoms with Crippen LogP contribution in [0, 0.1) is 17.7 Å². The molecule has 0 heterocycles. The van der Waals surface area contributed by atoms with Crippen LogP contribution in [0.4, 0.5) is 13.2 Å². The third-order valence-corrected chi connectivity index (χ3v) is 4.30. The lowest BCUT2D eigenvalue weighted by molar-refractivity contribution is 0.144. The van der Waals surface area contributed by atoms with E-state index in [1.54, 1.807) is 13.0 Å². The van der Waals surface area contributed by atoms with Gasteiger partial charge in [0.25, 0.3) is 6.43 Å². The van der Waals surface area contributed by atoms with Gasteiger partial charge in [-0.2, -0.15) is 0 Å². The zero-order valence-corrected chi connectivity index (χ0v) is 13.1. The quantitative estimate of drug-likeness (QED) is 0.647. The van der Waals surface area contributed by atoms with Crippen LogP contribution < -0.4 is 4.74 Å². The first-order valence-electron chi connectivity index (χ1n) is 7.94. The van der Waals surface area contributed by atoms with Crippen molar-refractivity contribution in [3.63, 3.8) is 0 Å². The molecule has 0 unspecified atom stereocenters. The molecule has 0 spiro atoms. The Hall–Kier alpha value is -1.45. The van der Waals surface area contributed by atoms with Gasteiger partial charge in [0.1, 0.15) is 0 Å². The van der Waals surface area contributed by atoms with E-state index in [-0.39, 0.29) is 17.9 Å². The topological polar surface area (TPSA) is 9.23 Å². The zero-order chi connectivity index (χ0) is 16.1. The van der Waals surface area contributed by atoms with Crippen molar-refractivity contribution >= 4 is 6.08 Å². The normalized spacial score (nSPS) is 22.5. The number of halogens is 3. The number of alkyl halides is 2. The second-order valence-corrected chi connectivity index (χ2v) is 5.99. The number of benzene rings is 1. The molecule has 0 aliphatic heterocycles. The van der Waals surface area contributed by atoms with Crippen molar-refractivity contribution in [2.45, 2.75) is 46.0 Å². The summed E-state index contributed by atoms with van der Waals surface area (Å²) in [5.41, 5.74) is -0.319. The van der Waals surface area contributed by atoms with Crippen molar-refractivity contribution in [3.05, 3.63) is 35.2 Å². The first-order chi connectivity index (χ1) is 10.5. The van der Waals surface area contributed by atoms with Crippen molar-refractivity contribution in [2.24, 2.45) is 11.8 Å². The molecule has 1 aromatic rings. The van der Waals surface area contributed by atoms with Gasteiger partial charge in [0, 0.05) is 0 Å². The molecule has 1 fully saturated rings. The Morgan fingerprint density at radius 1 is 1.23 bits per heavy atom. The second-order valence-electron chi connectivity index (χ2n) is 5.99. The Kier molecular flexibility index (Phi) is 5.92. The molecule has 22 heavy (non-hydrogen) atoms. The molecule has 1 aliphatic rings. The SMILES string of the molecule is CCOc1ccc(/C=C/C2CCC(C)CC2)c(C(F)F)c1F. The van der Waals surface area contributed by atoms with Gasteiger partial charge in [-0.1, -0.05) is 38.0 Å². The highest BCUT2D eigenvalue weighted by molar-refractivity contribution is 5.57. The largest absolute Gasteiger partial charge is 0.491 e. The van der Waals surface area contributed by atoms with Crippen molar-refractivity contribution in [1.82, 2.24) is 0 Å². The average molecular weight is 312 g/mol. The predicted molar refractivity (Wildman–Crippen MR) is 82.7 cm³/mol. The van der Waals surface area contributed by atoms with E-state index in [1.165, 1.54) is 12.1 Å². The van der Waals surface area contributed by atoms with Gasteiger partial charge in [-0.3, -0.25) is 0 Å². The molecule has 4 heteroatoms. The van der Waals surface area contributed by atoms with Gasteiger partial charge in [0.2, 0.25) is 0 Å². The van der Waals surface area contributed by atoms with Crippen LogP contribution >= 0.6 is 0 Å². The maximum Gasteiger partial charge on any atom is 0.267 e. The fourth-order valence-electron chi connectivity index (χ4n) is 2.94. The molecular weight excluding hydrogens is 289 g/mol. The van der Waals surface area contributed by atoms with Crippen LogP contribution in [0.5, 0.6) is 5.75 Å². The molecule has 0 N–H and O–H groups in total. The molecule has 0 radical (unpaired) electrons. The van der Waals surface area contributed by atoms with E-state index in [9.17, 15) is 13.2 Å². The monoisotopic (exact) mass is 312 g/mol. The van der Waals surface area contributed by atoms with Crippen molar-refractivity contribution < 1.29 is 17.9 Å². The van der Waals surface area contributed by atoms with Crippen LogP contribution in [-0.4, -0.2) is 6.61 Å². The van der Waals surface area contributed by atoms with E-state index in [4.69, 9.17) is 4.74 Å². The first-order valence-corrected chi connectivity index (χ1v) is 7.94. The van der Waals surface area contributed by atoms with Gasteiger partial charge in [0.15, 0.2) is 11.6 Å². The molecule has 0 bridgehead atoms. The van der Waals surface area contributed by atoms with E-state index in [0.717, 1.165) is 31.6 Å². The molecule has 0 saturated heterocycles. The lowest BCUT2D eigenvalue weighted by Crippen LogP contribution is -2.10. The minimum absolute atomic E-state index is 0.110. The van der Waals surface area contributed by atoms with Crippen molar-refractivity contribution in [1.29, 1.82) is 0 Å². The summed E-state index contributed by atoms with van der Waals surface area (Å²) in [5, 5.41) is 0. The summed E-state index contributed by atoms with van der Waals surface area (Å²) in [6, 6.07) is 2.94. The molecule has 1 nitrogen and oxygen atoms in total. The van der Waals surface area contributed by atoms with Crippen LogP contribution in [-0.2, 0) is 0 Å². The van der Waals surface area contributed by atoms with Crippen molar-refractivity contribution in [3.8, 4) is 5.75 Å². The van der Waals surface area contributed by atoms with Gasteiger partial charge in [0.05, 0.1) is 12.2 Å². The standard InChI is InChI=1S/C18H23F3O/c1-3-22-15-11-10-14(16(17(15)19)18(20)21)9-8-13-6-4-12(2)5-7-13/h8-13,18H,3-7H2,1-2H3/b9-8+. The number of rotatable bonds is 5. The van der Waals surface area contributed by atoms with Crippen molar-refractivity contribution in [2.75, 3.05) is 6.61 Å².